The first-order chi connectivity index (χ1) is 7.59. The van der Waals surface area contributed by atoms with Crippen molar-refractivity contribution >= 4 is 0 Å². The van der Waals surface area contributed by atoms with E-state index in [4.69, 9.17) is 4.74 Å². The number of aromatic nitrogens is 4. The van der Waals surface area contributed by atoms with E-state index >= 15 is 0 Å². The molecule has 1 N–H and O–H groups in total. The second-order valence-corrected chi connectivity index (χ2v) is 4.27. The SMILES string of the molecule is CC(C)NCc1nnnn1CCOC(C)C. The largest absolute Gasteiger partial charge is 0.377 e. The third-order valence-corrected chi connectivity index (χ3v) is 2.03. The number of tetrazole rings is 1. The third kappa shape index (κ3) is 4.67. The Morgan fingerprint density at radius 3 is 2.69 bits per heavy atom. The van der Waals surface area contributed by atoms with E-state index in [1.165, 1.54) is 0 Å². The highest BCUT2D eigenvalue weighted by Gasteiger charge is 2.06. The first kappa shape index (κ1) is 13.1. The topological polar surface area (TPSA) is 64.9 Å². The van der Waals surface area contributed by atoms with E-state index in [2.05, 4.69) is 34.7 Å². The minimum Gasteiger partial charge on any atom is -0.377 e. The molecule has 1 aromatic rings. The molecule has 0 saturated carbocycles. The van der Waals surface area contributed by atoms with Crippen LogP contribution in [-0.4, -0.2) is 39.0 Å². The number of rotatable bonds is 7. The number of nitrogens with one attached hydrogen (secondary N) is 1. The second-order valence-electron chi connectivity index (χ2n) is 4.27. The van der Waals surface area contributed by atoms with Gasteiger partial charge in [0, 0.05) is 6.04 Å². The zero-order valence-corrected chi connectivity index (χ0v) is 10.5. The van der Waals surface area contributed by atoms with Gasteiger partial charge in [0.15, 0.2) is 5.82 Å². The Morgan fingerprint density at radius 2 is 2.06 bits per heavy atom. The standard InChI is InChI=1S/C10H21N5O/c1-8(2)11-7-10-12-13-14-15(10)5-6-16-9(3)4/h8-9,11H,5-7H2,1-4H3. The summed E-state index contributed by atoms with van der Waals surface area (Å²) < 4.78 is 7.23. The number of ether oxygens (including phenoxy) is 1. The Labute approximate surface area is 96.4 Å². The normalized spacial score (nSPS) is 11.6. The minimum atomic E-state index is 0.244. The van der Waals surface area contributed by atoms with Gasteiger partial charge in [0.05, 0.1) is 25.8 Å². The molecule has 0 aliphatic heterocycles. The zero-order chi connectivity index (χ0) is 12.0. The van der Waals surface area contributed by atoms with Crippen LogP contribution in [0.3, 0.4) is 0 Å². The maximum atomic E-state index is 5.46. The summed E-state index contributed by atoms with van der Waals surface area (Å²) in [5.41, 5.74) is 0. The zero-order valence-electron chi connectivity index (χ0n) is 10.5. The van der Waals surface area contributed by atoms with Gasteiger partial charge in [-0.05, 0) is 24.3 Å². The smallest absolute Gasteiger partial charge is 0.165 e. The van der Waals surface area contributed by atoms with Gasteiger partial charge in [-0.15, -0.1) is 5.10 Å². The van der Waals surface area contributed by atoms with Crippen LogP contribution >= 0.6 is 0 Å². The maximum Gasteiger partial charge on any atom is 0.165 e. The van der Waals surface area contributed by atoms with E-state index in [0.29, 0.717) is 25.7 Å². The van der Waals surface area contributed by atoms with Crippen LogP contribution in [0.25, 0.3) is 0 Å². The van der Waals surface area contributed by atoms with Gasteiger partial charge in [-0.1, -0.05) is 13.8 Å². The Hall–Kier alpha value is -1.01. The summed E-state index contributed by atoms with van der Waals surface area (Å²) >= 11 is 0. The quantitative estimate of drug-likeness (QED) is 0.739. The molecule has 1 heterocycles. The molecule has 0 atom stereocenters. The Bertz CT molecular complexity index is 297. The molecule has 0 spiro atoms. The molecule has 92 valence electrons. The highest BCUT2D eigenvalue weighted by atomic mass is 16.5. The molecule has 0 amide bonds. The van der Waals surface area contributed by atoms with E-state index in [0.717, 1.165) is 5.82 Å². The van der Waals surface area contributed by atoms with Crippen molar-refractivity contribution in [3.63, 3.8) is 0 Å². The lowest BCUT2D eigenvalue weighted by atomic mass is 10.4. The van der Waals surface area contributed by atoms with Crippen LogP contribution in [0.2, 0.25) is 0 Å². The predicted molar refractivity (Wildman–Crippen MR) is 60.9 cm³/mol. The monoisotopic (exact) mass is 227 g/mol. The summed E-state index contributed by atoms with van der Waals surface area (Å²) in [6, 6.07) is 0.428. The van der Waals surface area contributed by atoms with Gasteiger partial charge < -0.3 is 10.1 Å². The van der Waals surface area contributed by atoms with Crippen LogP contribution in [0.5, 0.6) is 0 Å². The summed E-state index contributed by atoms with van der Waals surface area (Å²) in [5.74, 6) is 0.848. The van der Waals surface area contributed by atoms with E-state index in [1.54, 1.807) is 4.68 Å². The molecular weight excluding hydrogens is 206 g/mol. The second kappa shape index (κ2) is 6.55. The molecule has 0 saturated heterocycles. The van der Waals surface area contributed by atoms with Crippen molar-refractivity contribution in [2.45, 2.75) is 52.9 Å². The highest BCUT2D eigenvalue weighted by Crippen LogP contribution is 1.95. The number of nitrogens with zero attached hydrogens (tertiary/aromatic N) is 4. The number of hydrogen-bond donors (Lipinski definition) is 1. The van der Waals surface area contributed by atoms with Gasteiger partial charge in [-0.25, -0.2) is 4.68 Å². The van der Waals surface area contributed by atoms with Crippen LogP contribution in [0.15, 0.2) is 0 Å². The van der Waals surface area contributed by atoms with Gasteiger partial charge in [0.25, 0.3) is 0 Å². The van der Waals surface area contributed by atoms with Gasteiger partial charge in [-0.2, -0.15) is 0 Å². The van der Waals surface area contributed by atoms with E-state index in [9.17, 15) is 0 Å². The fraction of sp³-hybridized carbons (Fsp3) is 0.900. The third-order valence-electron chi connectivity index (χ3n) is 2.03. The average Bonchev–Trinajstić information content (AvgIpc) is 2.62. The Morgan fingerprint density at radius 1 is 1.31 bits per heavy atom. The lowest BCUT2D eigenvalue weighted by molar-refractivity contribution is 0.0701. The summed E-state index contributed by atoms with van der Waals surface area (Å²) in [6.45, 7) is 10.2. The van der Waals surface area contributed by atoms with Crippen molar-refractivity contribution in [2.75, 3.05) is 6.61 Å². The highest BCUT2D eigenvalue weighted by molar-refractivity contribution is 4.80. The lowest BCUT2D eigenvalue weighted by Crippen LogP contribution is -2.25. The van der Waals surface area contributed by atoms with Crippen molar-refractivity contribution in [1.29, 1.82) is 0 Å². The van der Waals surface area contributed by atoms with Crippen LogP contribution in [0.4, 0.5) is 0 Å². The molecule has 0 radical (unpaired) electrons. The lowest BCUT2D eigenvalue weighted by Gasteiger charge is -2.09. The molecule has 6 nitrogen and oxygen atoms in total. The first-order valence-corrected chi connectivity index (χ1v) is 5.69. The summed E-state index contributed by atoms with van der Waals surface area (Å²) in [6.07, 6.45) is 0.244. The van der Waals surface area contributed by atoms with Crippen LogP contribution in [0.1, 0.15) is 33.5 Å². The van der Waals surface area contributed by atoms with Crippen molar-refractivity contribution in [2.24, 2.45) is 0 Å². The fourth-order valence-electron chi connectivity index (χ4n) is 1.19. The van der Waals surface area contributed by atoms with Crippen LogP contribution in [-0.2, 0) is 17.8 Å². The summed E-state index contributed by atoms with van der Waals surface area (Å²) in [7, 11) is 0. The predicted octanol–water partition coefficient (Wildman–Crippen LogP) is 0.596. The van der Waals surface area contributed by atoms with Crippen molar-refractivity contribution < 1.29 is 4.74 Å². The molecule has 1 aromatic heterocycles. The van der Waals surface area contributed by atoms with E-state index in [-0.39, 0.29) is 6.10 Å². The van der Waals surface area contributed by atoms with Crippen molar-refractivity contribution in [3.8, 4) is 0 Å². The van der Waals surface area contributed by atoms with Gasteiger partial charge in [-0.3, -0.25) is 0 Å². The van der Waals surface area contributed by atoms with E-state index in [1.807, 2.05) is 13.8 Å². The van der Waals surface area contributed by atoms with Crippen LogP contribution in [0, 0.1) is 0 Å². The van der Waals surface area contributed by atoms with Crippen molar-refractivity contribution in [1.82, 2.24) is 25.5 Å². The number of hydrogen-bond acceptors (Lipinski definition) is 5. The van der Waals surface area contributed by atoms with Gasteiger partial charge in [0.2, 0.25) is 0 Å². The molecule has 1 rings (SSSR count). The average molecular weight is 227 g/mol. The van der Waals surface area contributed by atoms with Gasteiger partial charge >= 0.3 is 0 Å². The molecule has 0 unspecified atom stereocenters. The molecule has 0 aromatic carbocycles. The maximum absolute atomic E-state index is 5.46. The molecule has 16 heavy (non-hydrogen) atoms. The molecule has 6 heteroatoms. The van der Waals surface area contributed by atoms with Crippen molar-refractivity contribution in [3.05, 3.63) is 5.82 Å². The fourth-order valence-corrected chi connectivity index (χ4v) is 1.19. The molecular formula is C10H21N5O. The van der Waals surface area contributed by atoms with Crippen LogP contribution < -0.4 is 5.32 Å². The van der Waals surface area contributed by atoms with E-state index < -0.39 is 0 Å². The molecule has 0 bridgehead atoms. The Kier molecular flexibility index (Phi) is 5.34. The molecule has 0 aliphatic carbocycles. The minimum absolute atomic E-state index is 0.244. The van der Waals surface area contributed by atoms with Gasteiger partial charge in [0.1, 0.15) is 0 Å². The first-order valence-electron chi connectivity index (χ1n) is 5.69. The summed E-state index contributed by atoms with van der Waals surface area (Å²) in [4.78, 5) is 0. The Balaban J connectivity index is 2.38. The molecule has 0 aliphatic rings. The molecule has 0 fully saturated rings. The summed E-state index contributed by atoms with van der Waals surface area (Å²) in [5, 5.41) is 14.8.